The van der Waals surface area contributed by atoms with E-state index in [1.165, 1.54) is 0 Å². The zero-order valence-electron chi connectivity index (χ0n) is 10.9. The van der Waals surface area contributed by atoms with Gasteiger partial charge in [0.2, 0.25) is 0 Å². The van der Waals surface area contributed by atoms with Crippen molar-refractivity contribution < 1.29 is 4.74 Å². The van der Waals surface area contributed by atoms with E-state index in [0.717, 1.165) is 26.8 Å². The molecule has 0 spiro atoms. The molecule has 0 aliphatic heterocycles. The predicted molar refractivity (Wildman–Crippen MR) is 88.1 cm³/mol. The van der Waals surface area contributed by atoms with Gasteiger partial charge in [-0.2, -0.15) is 0 Å². The maximum Gasteiger partial charge on any atom is 0.135 e. The zero-order valence-corrected chi connectivity index (χ0v) is 14.8. The van der Waals surface area contributed by atoms with E-state index in [4.69, 9.17) is 16.3 Å². The summed E-state index contributed by atoms with van der Waals surface area (Å²) in [7, 11) is 1.62. The van der Waals surface area contributed by atoms with Crippen LogP contribution in [-0.4, -0.2) is 17.1 Å². The summed E-state index contributed by atoms with van der Waals surface area (Å²) in [6.07, 6.45) is 0.722. The highest BCUT2D eigenvalue weighted by molar-refractivity contribution is 9.11. The Morgan fingerprint density at radius 1 is 1.20 bits per heavy atom. The van der Waals surface area contributed by atoms with Crippen LogP contribution >= 0.6 is 43.5 Å². The van der Waals surface area contributed by atoms with Crippen LogP contribution in [0.25, 0.3) is 0 Å². The maximum absolute atomic E-state index is 5.98. The van der Waals surface area contributed by atoms with E-state index in [-0.39, 0.29) is 0 Å². The summed E-state index contributed by atoms with van der Waals surface area (Å²) in [5.74, 6) is 2.07. The monoisotopic (exact) mass is 419 g/mol. The summed E-state index contributed by atoms with van der Waals surface area (Å²) in [6.45, 7) is 1.98. The number of methoxy groups -OCH3 is 1. The van der Waals surface area contributed by atoms with Gasteiger partial charge in [0.15, 0.2) is 0 Å². The summed E-state index contributed by atoms with van der Waals surface area (Å²) < 4.78 is 7.04. The number of nitrogens with zero attached hydrogens (tertiary/aromatic N) is 2. The second-order valence-electron chi connectivity index (χ2n) is 3.94. The number of hydrogen-bond acceptors (Lipinski definition) is 4. The molecule has 0 aliphatic carbocycles. The van der Waals surface area contributed by atoms with Crippen molar-refractivity contribution in [1.29, 1.82) is 0 Å². The molecule has 2 rings (SSSR count). The lowest BCUT2D eigenvalue weighted by Crippen LogP contribution is -2.00. The molecule has 1 aromatic carbocycles. The molecule has 0 unspecified atom stereocenters. The Kier molecular flexibility index (Phi) is 5.23. The molecule has 7 heteroatoms. The Balaban J connectivity index is 2.36. The van der Waals surface area contributed by atoms with Crippen molar-refractivity contribution in [2.24, 2.45) is 0 Å². The Labute approximate surface area is 139 Å². The molecule has 0 aliphatic rings. The SMILES string of the molecule is CCc1nc(Cl)cc(Nc2cc(OC)c(Br)cc2Br)n1. The van der Waals surface area contributed by atoms with Crippen LogP contribution in [0.3, 0.4) is 0 Å². The van der Waals surface area contributed by atoms with E-state index < -0.39 is 0 Å². The number of nitrogens with one attached hydrogen (secondary N) is 1. The van der Waals surface area contributed by atoms with Gasteiger partial charge in [-0.3, -0.25) is 0 Å². The Bertz CT molecular complexity index is 637. The molecule has 0 amide bonds. The van der Waals surface area contributed by atoms with E-state index in [1.54, 1.807) is 13.2 Å². The second-order valence-corrected chi connectivity index (χ2v) is 6.03. The van der Waals surface area contributed by atoms with Gasteiger partial charge in [0.25, 0.3) is 0 Å². The fourth-order valence-corrected chi connectivity index (χ4v) is 3.06. The third kappa shape index (κ3) is 3.62. The molecular formula is C13H12Br2ClN3O. The van der Waals surface area contributed by atoms with Crippen LogP contribution in [0, 0.1) is 0 Å². The van der Waals surface area contributed by atoms with Crippen molar-refractivity contribution in [2.45, 2.75) is 13.3 Å². The van der Waals surface area contributed by atoms with E-state index in [0.29, 0.717) is 16.8 Å². The number of benzene rings is 1. The number of aryl methyl sites for hydroxylation is 1. The van der Waals surface area contributed by atoms with Crippen LogP contribution in [0.15, 0.2) is 27.1 Å². The van der Waals surface area contributed by atoms with Crippen molar-refractivity contribution in [3.63, 3.8) is 0 Å². The number of anilines is 2. The third-order valence-corrected chi connectivity index (χ3v) is 4.03. The molecule has 0 atom stereocenters. The van der Waals surface area contributed by atoms with Crippen molar-refractivity contribution in [2.75, 3.05) is 12.4 Å². The number of ether oxygens (including phenoxy) is 1. The summed E-state index contributed by atoms with van der Waals surface area (Å²) in [5, 5.41) is 3.62. The van der Waals surface area contributed by atoms with Crippen LogP contribution < -0.4 is 10.1 Å². The van der Waals surface area contributed by atoms with Gasteiger partial charge in [0.05, 0.1) is 17.3 Å². The Morgan fingerprint density at radius 3 is 2.60 bits per heavy atom. The first kappa shape index (κ1) is 15.5. The number of aromatic nitrogens is 2. The summed E-state index contributed by atoms with van der Waals surface area (Å²) in [5.41, 5.74) is 0.835. The summed E-state index contributed by atoms with van der Waals surface area (Å²) in [6, 6.07) is 5.46. The minimum Gasteiger partial charge on any atom is -0.495 e. The molecule has 20 heavy (non-hydrogen) atoms. The molecule has 0 saturated heterocycles. The highest BCUT2D eigenvalue weighted by Crippen LogP contribution is 2.35. The van der Waals surface area contributed by atoms with E-state index in [9.17, 15) is 0 Å². The first-order valence-corrected chi connectivity index (χ1v) is 7.83. The van der Waals surface area contributed by atoms with Crippen LogP contribution in [0.2, 0.25) is 5.15 Å². The largest absolute Gasteiger partial charge is 0.495 e. The number of hydrogen-bond donors (Lipinski definition) is 1. The minimum atomic E-state index is 0.416. The zero-order chi connectivity index (χ0) is 14.7. The lowest BCUT2D eigenvalue weighted by molar-refractivity contribution is 0.412. The van der Waals surface area contributed by atoms with Gasteiger partial charge in [0, 0.05) is 23.0 Å². The van der Waals surface area contributed by atoms with Crippen molar-refractivity contribution >= 4 is 55.0 Å². The predicted octanol–water partition coefficient (Wildman–Crippen LogP) is 4.97. The highest BCUT2D eigenvalue weighted by Gasteiger charge is 2.09. The first-order chi connectivity index (χ1) is 9.53. The fourth-order valence-electron chi connectivity index (χ4n) is 1.61. The molecule has 1 N–H and O–H groups in total. The molecule has 106 valence electrons. The molecule has 1 heterocycles. The molecule has 0 bridgehead atoms. The van der Waals surface area contributed by atoms with E-state index in [1.807, 2.05) is 19.1 Å². The molecule has 2 aromatic rings. The van der Waals surface area contributed by atoms with Gasteiger partial charge in [-0.1, -0.05) is 18.5 Å². The van der Waals surface area contributed by atoms with Crippen LogP contribution in [-0.2, 0) is 6.42 Å². The molecule has 4 nitrogen and oxygen atoms in total. The normalized spacial score (nSPS) is 10.4. The minimum absolute atomic E-state index is 0.416. The van der Waals surface area contributed by atoms with Gasteiger partial charge < -0.3 is 10.1 Å². The van der Waals surface area contributed by atoms with Crippen LogP contribution in [0.1, 0.15) is 12.7 Å². The first-order valence-electron chi connectivity index (χ1n) is 5.87. The van der Waals surface area contributed by atoms with Gasteiger partial charge in [-0.15, -0.1) is 0 Å². The highest BCUT2D eigenvalue weighted by atomic mass is 79.9. The summed E-state index contributed by atoms with van der Waals surface area (Å²) in [4.78, 5) is 8.52. The topological polar surface area (TPSA) is 47.0 Å². The van der Waals surface area contributed by atoms with Crippen molar-refractivity contribution in [1.82, 2.24) is 9.97 Å². The van der Waals surface area contributed by atoms with Gasteiger partial charge in [-0.25, -0.2) is 9.97 Å². The van der Waals surface area contributed by atoms with Gasteiger partial charge in [-0.05, 0) is 37.9 Å². The molecule has 0 saturated carbocycles. The van der Waals surface area contributed by atoms with E-state index >= 15 is 0 Å². The van der Waals surface area contributed by atoms with E-state index in [2.05, 4.69) is 47.1 Å². The average Bonchev–Trinajstić information content (AvgIpc) is 2.41. The van der Waals surface area contributed by atoms with Crippen molar-refractivity contribution in [3.8, 4) is 5.75 Å². The summed E-state index contributed by atoms with van der Waals surface area (Å²) >= 11 is 12.9. The Hall–Kier alpha value is -0.850. The smallest absolute Gasteiger partial charge is 0.135 e. The quantitative estimate of drug-likeness (QED) is 0.708. The van der Waals surface area contributed by atoms with Gasteiger partial charge >= 0.3 is 0 Å². The third-order valence-electron chi connectivity index (χ3n) is 2.56. The van der Waals surface area contributed by atoms with Crippen molar-refractivity contribution in [3.05, 3.63) is 38.1 Å². The van der Waals surface area contributed by atoms with Crippen LogP contribution in [0.5, 0.6) is 5.75 Å². The van der Waals surface area contributed by atoms with Crippen LogP contribution in [0.4, 0.5) is 11.5 Å². The number of rotatable bonds is 4. The number of halogens is 3. The standard InChI is InChI=1S/C13H12Br2ClN3O/c1-3-12-18-11(16)6-13(19-12)17-9-5-10(20-2)8(15)4-7(9)14/h4-6H,3H2,1-2H3,(H,17,18,19). The lowest BCUT2D eigenvalue weighted by Gasteiger charge is -2.12. The fraction of sp³-hybridized carbons (Fsp3) is 0.231. The lowest BCUT2D eigenvalue weighted by atomic mass is 10.3. The average molecular weight is 422 g/mol. The molecule has 0 radical (unpaired) electrons. The Morgan fingerprint density at radius 2 is 1.95 bits per heavy atom. The molecule has 0 fully saturated rings. The second kappa shape index (κ2) is 6.74. The molecular weight excluding hydrogens is 409 g/mol. The maximum atomic E-state index is 5.98. The molecule has 1 aromatic heterocycles. The van der Waals surface area contributed by atoms with Gasteiger partial charge in [0.1, 0.15) is 22.5 Å².